The first kappa shape index (κ1) is 13.4. The molecule has 1 fully saturated rings. The van der Waals surface area contributed by atoms with Crippen LogP contribution in [-0.2, 0) is 4.74 Å². The van der Waals surface area contributed by atoms with Crippen molar-refractivity contribution in [3.05, 3.63) is 0 Å². The van der Waals surface area contributed by atoms with Crippen LogP contribution in [0.5, 0.6) is 0 Å². The van der Waals surface area contributed by atoms with Crippen LogP contribution in [0.15, 0.2) is 0 Å². The van der Waals surface area contributed by atoms with E-state index in [1.54, 1.807) is 14.2 Å². The minimum Gasteiger partial charge on any atom is -0.412 e. The molecule has 0 bridgehead atoms. The molecule has 1 rings (SSSR count). The zero-order chi connectivity index (χ0) is 7.98. The average molecular weight is 164 g/mol. The van der Waals surface area contributed by atoms with E-state index in [9.17, 15) is 0 Å². The van der Waals surface area contributed by atoms with E-state index in [-0.39, 0.29) is 5.48 Å². The molecule has 0 aromatic carbocycles. The molecule has 4 heteroatoms. The van der Waals surface area contributed by atoms with Crippen LogP contribution in [0.25, 0.3) is 0 Å². The number of nitrogens with two attached hydrogens (primary N) is 1. The number of rotatable bonds is 0. The Kier molecular flexibility index (Phi) is 9.70. The van der Waals surface area contributed by atoms with Gasteiger partial charge in [-0.05, 0) is 20.0 Å². The van der Waals surface area contributed by atoms with Crippen LogP contribution >= 0.6 is 0 Å². The molecular weight excluding hydrogens is 144 g/mol. The maximum atomic E-state index is 5.58. The number of methoxy groups -OCH3 is 1. The van der Waals surface area contributed by atoms with Gasteiger partial charge >= 0.3 is 0 Å². The second kappa shape index (κ2) is 7.94. The summed E-state index contributed by atoms with van der Waals surface area (Å²) >= 11 is 0. The summed E-state index contributed by atoms with van der Waals surface area (Å²) < 4.78 is 4.25. The van der Waals surface area contributed by atoms with Gasteiger partial charge in [-0.25, -0.2) is 0 Å². The van der Waals surface area contributed by atoms with Crippen molar-refractivity contribution in [3.63, 3.8) is 0 Å². The average Bonchev–Trinajstić information content (AvgIpc) is 2.17. The van der Waals surface area contributed by atoms with E-state index < -0.39 is 0 Å². The molecule has 1 atom stereocenters. The van der Waals surface area contributed by atoms with Gasteiger partial charge in [0, 0.05) is 26.8 Å². The number of ether oxygens (including phenoxy) is 1. The highest BCUT2D eigenvalue weighted by molar-refractivity contribution is 4.74. The highest BCUT2D eigenvalue weighted by Crippen LogP contribution is 2.01. The van der Waals surface area contributed by atoms with Gasteiger partial charge in [-0.1, -0.05) is 0 Å². The molecule has 0 saturated carbocycles. The van der Waals surface area contributed by atoms with Crippen molar-refractivity contribution in [2.45, 2.75) is 12.5 Å². The van der Waals surface area contributed by atoms with Gasteiger partial charge in [0.1, 0.15) is 0 Å². The quantitative estimate of drug-likeness (QED) is 0.504. The number of hydrogen-bond acceptors (Lipinski definition) is 3. The molecule has 0 aromatic heterocycles. The largest absolute Gasteiger partial charge is 0.412 e. The van der Waals surface area contributed by atoms with Crippen molar-refractivity contribution in [3.8, 4) is 0 Å². The lowest BCUT2D eigenvalue weighted by atomic mass is 10.3. The van der Waals surface area contributed by atoms with Gasteiger partial charge in [-0.2, -0.15) is 0 Å². The van der Waals surface area contributed by atoms with Crippen molar-refractivity contribution in [2.24, 2.45) is 5.73 Å². The van der Waals surface area contributed by atoms with Gasteiger partial charge in [0.05, 0.1) is 0 Å². The zero-order valence-electron chi connectivity index (χ0n) is 7.63. The van der Waals surface area contributed by atoms with Crippen LogP contribution < -0.4 is 5.73 Å². The third-order valence-electron chi connectivity index (χ3n) is 1.43. The summed E-state index contributed by atoms with van der Waals surface area (Å²) in [7, 11) is 5.35. The highest BCUT2D eigenvalue weighted by Gasteiger charge is 2.13. The molecule has 0 unspecified atom stereocenters. The Bertz CT molecular complexity index is 72.8. The molecule has 70 valence electrons. The van der Waals surface area contributed by atoms with Crippen LogP contribution in [0.1, 0.15) is 6.42 Å². The van der Waals surface area contributed by atoms with E-state index in [0.29, 0.717) is 6.04 Å². The van der Waals surface area contributed by atoms with Crippen molar-refractivity contribution in [2.75, 3.05) is 34.4 Å². The van der Waals surface area contributed by atoms with E-state index in [0.717, 1.165) is 6.54 Å². The third-order valence-corrected chi connectivity index (χ3v) is 1.43. The van der Waals surface area contributed by atoms with Gasteiger partial charge in [-0.15, -0.1) is 0 Å². The summed E-state index contributed by atoms with van der Waals surface area (Å²) in [4.78, 5) is 2.25. The van der Waals surface area contributed by atoms with E-state index in [4.69, 9.17) is 5.73 Å². The number of likely N-dealkylation sites (tertiary alicyclic amines) is 1. The molecule has 0 aromatic rings. The summed E-state index contributed by atoms with van der Waals surface area (Å²) in [6, 6.07) is 0.449. The summed E-state index contributed by atoms with van der Waals surface area (Å²) in [6.45, 7) is 2.27. The molecule has 1 heterocycles. The lowest BCUT2D eigenvalue weighted by Gasteiger charge is -2.03. The first-order chi connectivity index (χ1) is 4.70. The lowest BCUT2D eigenvalue weighted by molar-refractivity contribution is 0.277. The fraction of sp³-hybridized carbons (Fsp3) is 1.00. The van der Waals surface area contributed by atoms with Crippen LogP contribution in [0, 0.1) is 0 Å². The Morgan fingerprint density at radius 2 is 1.91 bits per heavy atom. The van der Waals surface area contributed by atoms with Crippen LogP contribution in [0.4, 0.5) is 0 Å². The standard InChI is InChI=1S/C5H12N2.C2H6O.H2O/c1-7-3-2-5(6)4-7;1-3-2;/h5H,2-4,6H2,1H3;1-2H3;1H2/t5-;;/m1../s1. The second-order valence-electron chi connectivity index (χ2n) is 2.72. The molecule has 0 amide bonds. The first-order valence-electron chi connectivity index (χ1n) is 3.55. The normalized spacial score (nSPS) is 23.5. The smallest absolute Gasteiger partial charge is 0.0351 e. The molecule has 1 aliphatic rings. The number of nitrogens with zero attached hydrogens (tertiary/aromatic N) is 1. The molecule has 4 nitrogen and oxygen atoms in total. The maximum absolute atomic E-state index is 5.58. The molecule has 4 N–H and O–H groups in total. The van der Waals surface area contributed by atoms with E-state index >= 15 is 0 Å². The topological polar surface area (TPSA) is 70.0 Å². The molecule has 1 aliphatic heterocycles. The molecule has 0 radical (unpaired) electrons. The van der Waals surface area contributed by atoms with E-state index in [1.165, 1.54) is 13.0 Å². The second-order valence-corrected chi connectivity index (χ2v) is 2.72. The summed E-state index contributed by atoms with van der Waals surface area (Å²) in [6.07, 6.45) is 1.18. The zero-order valence-corrected chi connectivity index (χ0v) is 7.63. The Hall–Kier alpha value is -0.160. The predicted molar refractivity (Wildman–Crippen MR) is 46.6 cm³/mol. The molecule has 1 saturated heterocycles. The van der Waals surface area contributed by atoms with Crippen molar-refractivity contribution < 1.29 is 10.2 Å². The Balaban J connectivity index is 0. The van der Waals surface area contributed by atoms with Crippen LogP contribution in [0.2, 0.25) is 0 Å². The van der Waals surface area contributed by atoms with Gasteiger partial charge < -0.3 is 20.8 Å². The fourth-order valence-electron chi connectivity index (χ4n) is 0.969. The minimum absolute atomic E-state index is 0. The monoisotopic (exact) mass is 164 g/mol. The Morgan fingerprint density at radius 3 is 2.00 bits per heavy atom. The number of hydrogen-bond donors (Lipinski definition) is 1. The van der Waals surface area contributed by atoms with E-state index in [1.807, 2.05) is 0 Å². The molecule has 0 aliphatic carbocycles. The summed E-state index contributed by atoms with van der Waals surface area (Å²) in [5.74, 6) is 0. The number of likely N-dealkylation sites (N-methyl/N-ethyl adjacent to an activating group) is 1. The SMILES string of the molecule is CN1CC[C@@H](N)C1.COC.O. The summed E-state index contributed by atoms with van der Waals surface area (Å²) in [5, 5.41) is 0. The lowest BCUT2D eigenvalue weighted by Crippen LogP contribution is -2.23. The van der Waals surface area contributed by atoms with Gasteiger partial charge in [0.25, 0.3) is 0 Å². The first-order valence-corrected chi connectivity index (χ1v) is 3.55. The van der Waals surface area contributed by atoms with Crippen molar-refractivity contribution in [1.29, 1.82) is 0 Å². The van der Waals surface area contributed by atoms with Gasteiger partial charge in [0.15, 0.2) is 0 Å². The predicted octanol–water partition coefficient (Wildman–Crippen LogP) is -0.913. The fourth-order valence-corrected chi connectivity index (χ4v) is 0.969. The van der Waals surface area contributed by atoms with Crippen LogP contribution in [0.3, 0.4) is 0 Å². The summed E-state index contributed by atoms with van der Waals surface area (Å²) in [5.41, 5.74) is 5.58. The van der Waals surface area contributed by atoms with E-state index in [2.05, 4.69) is 16.7 Å². The van der Waals surface area contributed by atoms with Gasteiger partial charge in [-0.3, -0.25) is 0 Å². The van der Waals surface area contributed by atoms with Gasteiger partial charge in [0.2, 0.25) is 0 Å². The minimum atomic E-state index is 0. The molecule has 11 heavy (non-hydrogen) atoms. The Morgan fingerprint density at radius 1 is 1.45 bits per heavy atom. The van der Waals surface area contributed by atoms with Crippen molar-refractivity contribution in [1.82, 2.24) is 4.90 Å². The Labute approximate surface area is 68.6 Å². The molecular formula is C7H20N2O2. The van der Waals surface area contributed by atoms with Crippen molar-refractivity contribution >= 4 is 0 Å². The molecule has 0 spiro atoms. The highest BCUT2D eigenvalue weighted by atomic mass is 16.4. The maximum Gasteiger partial charge on any atom is 0.0351 e. The van der Waals surface area contributed by atoms with Crippen LogP contribution in [-0.4, -0.2) is 50.8 Å². The third kappa shape index (κ3) is 7.74.